The van der Waals surface area contributed by atoms with Gasteiger partial charge in [0, 0.05) is 12.3 Å². The lowest BCUT2D eigenvalue weighted by Gasteiger charge is -2.52. The highest BCUT2D eigenvalue weighted by Gasteiger charge is 2.47. The smallest absolute Gasteiger partial charge is 0.165 e. The number of hydrogen-bond donors (Lipinski definition) is 0. The highest BCUT2D eigenvalue weighted by molar-refractivity contribution is 5.85. The quantitative estimate of drug-likeness (QED) is 0.333. The zero-order chi connectivity index (χ0) is 26.3. The molecule has 2 nitrogen and oxygen atoms in total. The molecule has 3 aliphatic carbocycles. The van der Waals surface area contributed by atoms with Gasteiger partial charge in [0.25, 0.3) is 0 Å². The largest absolute Gasteiger partial charge is 0.367 e. The Bertz CT molecular complexity index is 998. The van der Waals surface area contributed by atoms with E-state index >= 15 is 0 Å². The fourth-order valence-electron chi connectivity index (χ4n) is 6.95. The first-order valence-corrected chi connectivity index (χ1v) is 14.5. The van der Waals surface area contributed by atoms with Crippen molar-refractivity contribution >= 4 is 5.78 Å². The molecule has 198 valence electrons. The molecular formula is C34H50O2. The molecule has 2 fully saturated rings. The first kappa shape index (κ1) is 27.4. The zero-order valence-electron chi connectivity index (χ0n) is 24.1. The van der Waals surface area contributed by atoms with Crippen LogP contribution in [0.25, 0.3) is 0 Å². The van der Waals surface area contributed by atoms with E-state index in [4.69, 9.17) is 4.74 Å². The van der Waals surface area contributed by atoms with Gasteiger partial charge in [-0.15, -0.1) is 0 Å². The zero-order valence-corrected chi connectivity index (χ0v) is 24.1. The van der Waals surface area contributed by atoms with Gasteiger partial charge in [0.15, 0.2) is 5.78 Å². The van der Waals surface area contributed by atoms with Crippen molar-refractivity contribution < 1.29 is 9.53 Å². The Hall–Kier alpha value is -1.67. The van der Waals surface area contributed by atoms with Crippen LogP contribution < -0.4 is 0 Å². The second-order valence-corrected chi connectivity index (χ2v) is 13.7. The summed E-state index contributed by atoms with van der Waals surface area (Å²) in [5, 5.41) is 0. The molecule has 0 aromatic heterocycles. The molecule has 1 saturated heterocycles. The van der Waals surface area contributed by atoms with Crippen LogP contribution in [0.3, 0.4) is 0 Å². The third-order valence-corrected chi connectivity index (χ3v) is 9.93. The normalized spacial score (nSPS) is 32.3. The molecule has 36 heavy (non-hydrogen) atoms. The maximum atomic E-state index is 13.3. The first-order valence-electron chi connectivity index (χ1n) is 14.5. The topological polar surface area (TPSA) is 26.3 Å². The van der Waals surface area contributed by atoms with Crippen molar-refractivity contribution in [3.63, 3.8) is 0 Å². The van der Waals surface area contributed by atoms with Gasteiger partial charge in [0.2, 0.25) is 0 Å². The Balaban J connectivity index is 1.40. The molecule has 1 saturated carbocycles. The van der Waals surface area contributed by atoms with Gasteiger partial charge in [-0.2, -0.15) is 0 Å². The van der Waals surface area contributed by atoms with Crippen LogP contribution in [0, 0.1) is 28.6 Å². The number of carbonyl (C=O) groups is 1. The number of ketones is 1. The van der Waals surface area contributed by atoms with E-state index in [9.17, 15) is 4.79 Å². The van der Waals surface area contributed by atoms with Crippen molar-refractivity contribution in [3.05, 3.63) is 58.7 Å². The molecule has 0 aromatic carbocycles. The summed E-state index contributed by atoms with van der Waals surface area (Å²) in [7, 11) is 0. The van der Waals surface area contributed by atoms with E-state index in [0.29, 0.717) is 35.0 Å². The van der Waals surface area contributed by atoms with Gasteiger partial charge in [-0.3, -0.25) is 4.79 Å². The summed E-state index contributed by atoms with van der Waals surface area (Å²) in [5.41, 5.74) is 7.33. The third-order valence-electron chi connectivity index (χ3n) is 9.93. The molecule has 0 radical (unpaired) electrons. The summed E-state index contributed by atoms with van der Waals surface area (Å²) in [4.78, 5) is 13.3. The van der Waals surface area contributed by atoms with Crippen LogP contribution in [0.1, 0.15) is 106 Å². The highest BCUT2D eigenvalue weighted by Crippen LogP contribution is 2.56. The van der Waals surface area contributed by atoms with Crippen molar-refractivity contribution in [2.45, 2.75) is 118 Å². The molecule has 3 unspecified atom stereocenters. The fraction of sp³-hybridized carbons (Fsp3) is 0.676. The van der Waals surface area contributed by atoms with E-state index in [0.717, 1.165) is 38.5 Å². The van der Waals surface area contributed by atoms with E-state index in [2.05, 4.69) is 79.3 Å². The molecule has 4 aliphatic rings. The van der Waals surface area contributed by atoms with Gasteiger partial charge in [0.1, 0.15) is 6.10 Å². The van der Waals surface area contributed by atoms with E-state index in [1.54, 1.807) is 0 Å². The first-order chi connectivity index (χ1) is 16.9. The van der Waals surface area contributed by atoms with Gasteiger partial charge < -0.3 is 4.74 Å². The van der Waals surface area contributed by atoms with Crippen LogP contribution >= 0.6 is 0 Å². The Morgan fingerprint density at radius 2 is 1.78 bits per heavy atom. The van der Waals surface area contributed by atoms with Crippen molar-refractivity contribution in [2.24, 2.45) is 28.6 Å². The molecule has 5 atom stereocenters. The van der Waals surface area contributed by atoms with E-state index < -0.39 is 0 Å². The lowest BCUT2D eigenvalue weighted by atomic mass is 9.52. The Kier molecular flexibility index (Phi) is 8.06. The predicted molar refractivity (Wildman–Crippen MR) is 152 cm³/mol. The summed E-state index contributed by atoms with van der Waals surface area (Å²) in [6.45, 7) is 20.5. The third kappa shape index (κ3) is 5.90. The van der Waals surface area contributed by atoms with Gasteiger partial charge in [-0.1, -0.05) is 82.2 Å². The molecule has 0 spiro atoms. The summed E-state index contributed by atoms with van der Waals surface area (Å²) < 4.78 is 6.51. The Morgan fingerprint density at radius 3 is 2.44 bits per heavy atom. The summed E-state index contributed by atoms with van der Waals surface area (Å²) in [5.74, 6) is 1.82. The number of rotatable bonds is 7. The lowest BCUT2D eigenvalue weighted by Crippen LogP contribution is -2.44. The van der Waals surface area contributed by atoms with E-state index in [1.165, 1.54) is 40.7 Å². The van der Waals surface area contributed by atoms with Crippen LogP contribution in [-0.2, 0) is 9.53 Å². The number of carbonyl (C=O) groups excluding carboxylic acids is 1. The van der Waals surface area contributed by atoms with E-state index in [1.807, 2.05) is 0 Å². The minimum absolute atomic E-state index is 0.151. The van der Waals surface area contributed by atoms with Gasteiger partial charge in [-0.25, -0.2) is 0 Å². The van der Waals surface area contributed by atoms with Crippen LogP contribution in [-0.4, -0.2) is 18.0 Å². The molecule has 2 heteroatoms. The highest BCUT2D eigenvalue weighted by atomic mass is 16.5. The Morgan fingerprint density at radius 1 is 1.11 bits per heavy atom. The number of fused-ring (bicyclic) bond motifs is 1. The molecule has 0 bridgehead atoms. The second-order valence-electron chi connectivity index (χ2n) is 13.7. The van der Waals surface area contributed by atoms with Crippen LogP contribution in [0.4, 0.5) is 0 Å². The second kappa shape index (κ2) is 10.6. The molecule has 1 aliphatic heterocycles. The average molecular weight is 491 g/mol. The summed E-state index contributed by atoms with van der Waals surface area (Å²) in [6, 6.07) is 0. The fourth-order valence-corrected chi connectivity index (χ4v) is 6.95. The maximum Gasteiger partial charge on any atom is 0.165 e. The SMILES string of the molecule is C=C(C)C(C)C1=CCCC(CC(=O)C2CCC[C@@H](CC3=C[C@H]4C(C=C3C)C(C)(C)CCC4(C)C)O2)=C1. The summed E-state index contributed by atoms with van der Waals surface area (Å²) in [6.07, 6.45) is 18.7. The van der Waals surface area contributed by atoms with Crippen molar-refractivity contribution in [1.82, 2.24) is 0 Å². The minimum Gasteiger partial charge on any atom is -0.367 e. The van der Waals surface area contributed by atoms with E-state index in [-0.39, 0.29) is 18.0 Å². The number of allylic oxidation sites excluding steroid dienone is 8. The monoisotopic (exact) mass is 490 g/mol. The number of ether oxygens (including phenoxy) is 1. The molecule has 0 amide bonds. The molecule has 0 N–H and O–H groups in total. The van der Waals surface area contributed by atoms with Gasteiger partial charge >= 0.3 is 0 Å². The average Bonchev–Trinajstić information content (AvgIpc) is 2.83. The Labute approximate surface area is 221 Å². The lowest BCUT2D eigenvalue weighted by molar-refractivity contribution is -0.138. The van der Waals surface area contributed by atoms with Crippen LogP contribution in [0.15, 0.2) is 58.7 Å². The molecule has 1 heterocycles. The number of hydrogen-bond acceptors (Lipinski definition) is 2. The molecule has 0 aromatic rings. The van der Waals surface area contributed by atoms with Crippen molar-refractivity contribution in [2.75, 3.05) is 0 Å². The standard InChI is InChI=1S/C34H50O2/c1-22(2)24(4)26-12-9-11-25(18-26)19-31(35)32-14-10-13-28(36-32)20-27-21-30-29(17-23(27)3)33(5,6)15-16-34(30,7)8/h12,17-18,21,24,28-30,32H,1,9-11,13-16,19-20H2,2-8H3/t24?,28-,29?,30-,32?/m0/s1. The van der Waals surface area contributed by atoms with Crippen LogP contribution in [0.2, 0.25) is 0 Å². The molecular weight excluding hydrogens is 440 g/mol. The predicted octanol–water partition coefficient (Wildman–Crippen LogP) is 9.10. The molecule has 4 rings (SSSR count). The van der Waals surface area contributed by atoms with Gasteiger partial charge in [-0.05, 0) is 99.0 Å². The van der Waals surface area contributed by atoms with Crippen molar-refractivity contribution in [3.8, 4) is 0 Å². The van der Waals surface area contributed by atoms with Gasteiger partial charge in [0.05, 0.1) is 6.10 Å². The maximum absolute atomic E-state index is 13.3. The number of Topliss-reactive ketones (excluding diaryl/α,β-unsaturated/α-hetero) is 1. The summed E-state index contributed by atoms with van der Waals surface area (Å²) >= 11 is 0. The van der Waals surface area contributed by atoms with Crippen molar-refractivity contribution in [1.29, 1.82) is 0 Å². The van der Waals surface area contributed by atoms with Crippen LogP contribution in [0.5, 0.6) is 0 Å². The minimum atomic E-state index is -0.246.